The molecule has 0 spiro atoms. The minimum Gasteiger partial charge on any atom is -0.493 e. The molecule has 1 N–H and O–H groups in total. The Hall–Kier alpha value is -3.28. The molecule has 1 heterocycles. The van der Waals surface area contributed by atoms with Gasteiger partial charge in [-0.1, -0.05) is 36.4 Å². The first-order valence-corrected chi connectivity index (χ1v) is 8.31. The van der Waals surface area contributed by atoms with Crippen LogP contribution in [0, 0.1) is 0 Å². The Morgan fingerprint density at radius 1 is 1.08 bits per heavy atom. The van der Waals surface area contributed by atoms with Gasteiger partial charge in [0.2, 0.25) is 0 Å². The van der Waals surface area contributed by atoms with E-state index in [1.807, 2.05) is 37.3 Å². The number of hydrogen-bond acceptors (Lipinski definition) is 4. The highest BCUT2D eigenvalue weighted by atomic mass is 16.5. The summed E-state index contributed by atoms with van der Waals surface area (Å²) in [6.07, 6.45) is 1.63. The molecule has 2 aromatic rings. The third kappa shape index (κ3) is 3.69. The molecule has 2 aromatic carbocycles. The molecule has 0 saturated carbocycles. The van der Waals surface area contributed by atoms with Gasteiger partial charge in [-0.3, -0.25) is 9.69 Å². The number of nitrogens with zero attached hydrogens (tertiary/aromatic N) is 1. The number of nitrogens with one attached hydrogen (secondary N) is 1. The van der Waals surface area contributed by atoms with Crippen molar-refractivity contribution in [2.75, 3.05) is 13.7 Å². The zero-order valence-electron chi connectivity index (χ0n) is 14.7. The second kappa shape index (κ2) is 7.74. The number of ether oxygens (including phenoxy) is 2. The lowest BCUT2D eigenvalue weighted by molar-refractivity contribution is -0.123. The molecule has 1 aliphatic rings. The van der Waals surface area contributed by atoms with Crippen molar-refractivity contribution in [3.8, 4) is 11.5 Å². The maximum absolute atomic E-state index is 12.6. The van der Waals surface area contributed by atoms with Crippen LogP contribution in [0.3, 0.4) is 0 Å². The summed E-state index contributed by atoms with van der Waals surface area (Å²) < 4.78 is 10.8. The average molecular weight is 352 g/mol. The van der Waals surface area contributed by atoms with Crippen molar-refractivity contribution < 1.29 is 19.1 Å². The average Bonchev–Trinajstić information content (AvgIpc) is 2.91. The Morgan fingerprint density at radius 2 is 1.85 bits per heavy atom. The van der Waals surface area contributed by atoms with Crippen LogP contribution in [0.25, 0.3) is 6.08 Å². The lowest BCUT2D eigenvalue weighted by atomic mass is 10.1. The normalized spacial score (nSPS) is 15.3. The van der Waals surface area contributed by atoms with Crippen LogP contribution in [-0.4, -0.2) is 30.6 Å². The molecule has 26 heavy (non-hydrogen) atoms. The molecule has 6 heteroatoms. The van der Waals surface area contributed by atoms with Crippen LogP contribution >= 0.6 is 0 Å². The minimum absolute atomic E-state index is 0.232. The van der Waals surface area contributed by atoms with E-state index >= 15 is 0 Å². The van der Waals surface area contributed by atoms with E-state index in [1.165, 1.54) is 4.90 Å². The van der Waals surface area contributed by atoms with Crippen LogP contribution < -0.4 is 14.8 Å². The number of carbonyl (C=O) groups is 2. The van der Waals surface area contributed by atoms with Crippen LogP contribution in [-0.2, 0) is 11.3 Å². The number of benzene rings is 2. The van der Waals surface area contributed by atoms with Gasteiger partial charge in [0.15, 0.2) is 11.5 Å². The highest BCUT2D eigenvalue weighted by molar-refractivity contribution is 6.13. The summed E-state index contributed by atoms with van der Waals surface area (Å²) in [5.74, 6) is 0.843. The maximum atomic E-state index is 12.6. The third-order valence-corrected chi connectivity index (χ3v) is 3.94. The molecular weight excluding hydrogens is 332 g/mol. The summed E-state index contributed by atoms with van der Waals surface area (Å²) in [5, 5.41) is 2.63. The van der Waals surface area contributed by atoms with Crippen LogP contribution in [0.15, 0.2) is 54.2 Å². The van der Waals surface area contributed by atoms with Crippen molar-refractivity contribution in [3.05, 3.63) is 65.4 Å². The van der Waals surface area contributed by atoms with E-state index in [9.17, 15) is 9.59 Å². The molecule has 0 bridgehead atoms. The second-order valence-corrected chi connectivity index (χ2v) is 5.71. The Labute approximate surface area is 152 Å². The fourth-order valence-corrected chi connectivity index (χ4v) is 2.70. The molecule has 0 radical (unpaired) electrons. The van der Waals surface area contributed by atoms with Gasteiger partial charge in [0.25, 0.3) is 5.91 Å². The predicted octanol–water partition coefficient (Wildman–Crippen LogP) is 3.19. The molecule has 134 valence electrons. The topological polar surface area (TPSA) is 67.9 Å². The molecule has 3 rings (SSSR count). The van der Waals surface area contributed by atoms with E-state index in [4.69, 9.17) is 9.47 Å². The summed E-state index contributed by atoms with van der Waals surface area (Å²) in [4.78, 5) is 25.9. The number of amides is 3. The fourth-order valence-electron chi connectivity index (χ4n) is 2.70. The zero-order chi connectivity index (χ0) is 18.5. The van der Waals surface area contributed by atoms with Gasteiger partial charge in [-0.05, 0) is 36.3 Å². The number of rotatable bonds is 6. The van der Waals surface area contributed by atoms with Gasteiger partial charge in [0.05, 0.1) is 20.3 Å². The van der Waals surface area contributed by atoms with Gasteiger partial charge in [-0.15, -0.1) is 0 Å². The van der Waals surface area contributed by atoms with Crippen molar-refractivity contribution in [2.45, 2.75) is 13.5 Å². The first kappa shape index (κ1) is 17.5. The van der Waals surface area contributed by atoms with E-state index in [2.05, 4.69) is 5.32 Å². The molecule has 0 unspecified atom stereocenters. The zero-order valence-corrected chi connectivity index (χ0v) is 14.7. The molecule has 0 aliphatic carbocycles. The smallest absolute Gasteiger partial charge is 0.329 e. The molecule has 0 aromatic heterocycles. The van der Waals surface area contributed by atoms with Gasteiger partial charge in [0, 0.05) is 0 Å². The number of urea groups is 1. The summed E-state index contributed by atoms with van der Waals surface area (Å²) >= 11 is 0. The molecule has 0 atom stereocenters. The highest BCUT2D eigenvalue weighted by Gasteiger charge is 2.33. The number of imide groups is 1. The van der Waals surface area contributed by atoms with E-state index in [-0.39, 0.29) is 18.1 Å². The van der Waals surface area contributed by atoms with Crippen molar-refractivity contribution in [2.24, 2.45) is 0 Å². The standard InChI is InChI=1S/C20H20N2O4/c1-3-26-17-10-9-15(12-18(17)25-2)11-16-19(23)22(20(24)21-16)13-14-7-5-4-6-8-14/h4-12H,3,13H2,1-2H3,(H,21,24)/b16-11+. The Kier molecular flexibility index (Phi) is 5.22. The van der Waals surface area contributed by atoms with Crippen LogP contribution in [0.1, 0.15) is 18.1 Å². The van der Waals surface area contributed by atoms with E-state index in [0.29, 0.717) is 18.1 Å². The third-order valence-electron chi connectivity index (χ3n) is 3.94. The molecule has 1 aliphatic heterocycles. The van der Waals surface area contributed by atoms with Gasteiger partial charge in [-0.2, -0.15) is 0 Å². The molecule has 1 saturated heterocycles. The monoisotopic (exact) mass is 352 g/mol. The Morgan fingerprint density at radius 3 is 2.54 bits per heavy atom. The van der Waals surface area contributed by atoms with Crippen molar-refractivity contribution >= 4 is 18.0 Å². The SMILES string of the molecule is CCOc1ccc(/C=C2/NC(=O)N(Cc3ccccc3)C2=O)cc1OC. The van der Waals surface area contributed by atoms with E-state index < -0.39 is 6.03 Å². The minimum atomic E-state index is -0.428. The summed E-state index contributed by atoms with van der Waals surface area (Å²) in [5.41, 5.74) is 1.85. The summed E-state index contributed by atoms with van der Waals surface area (Å²) in [6.45, 7) is 2.65. The number of hydrogen-bond donors (Lipinski definition) is 1. The number of carbonyl (C=O) groups excluding carboxylic acids is 2. The quantitative estimate of drug-likeness (QED) is 0.640. The molecule has 3 amide bonds. The summed E-state index contributed by atoms with van der Waals surface area (Å²) in [6, 6.07) is 14.3. The van der Waals surface area contributed by atoms with Crippen molar-refractivity contribution in [1.29, 1.82) is 0 Å². The van der Waals surface area contributed by atoms with E-state index in [0.717, 1.165) is 11.1 Å². The van der Waals surface area contributed by atoms with Crippen LogP contribution in [0.2, 0.25) is 0 Å². The van der Waals surface area contributed by atoms with Crippen LogP contribution in [0.5, 0.6) is 11.5 Å². The summed E-state index contributed by atoms with van der Waals surface area (Å²) in [7, 11) is 1.55. The Balaban J connectivity index is 1.81. The molecular formula is C20H20N2O4. The second-order valence-electron chi connectivity index (χ2n) is 5.71. The van der Waals surface area contributed by atoms with Gasteiger partial charge < -0.3 is 14.8 Å². The fraction of sp³-hybridized carbons (Fsp3) is 0.200. The maximum Gasteiger partial charge on any atom is 0.329 e. The van der Waals surface area contributed by atoms with Crippen LogP contribution in [0.4, 0.5) is 4.79 Å². The van der Waals surface area contributed by atoms with E-state index in [1.54, 1.807) is 31.4 Å². The highest BCUT2D eigenvalue weighted by Crippen LogP contribution is 2.29. The lowest BCUT2D eigenvalue weighted by Gasteiger charge is -2.11. The largest absolute Gasteiger partial charge is 0.493 e. The van der Waals surface area contributed by atoms with Crippen molar-refractivity contribution in [3.63, 3.8) is 0 Å². The molecule has 6 nitrogen and oxygen atoms in total. The first-order valence-electron chi connectivity index (χ1n) is 8.31. The van der Waals surface area contributed by atoms with Gasteiger partial charge in [-0.25, -0.2) is 4.79 Å². The number of methoxy groups -OCH3 is 1. The first-order chi connectivity index (χ1) is 12.6. The Bertz CT molecular complexity index is 846. The lowest BCUT2D eigenvalue weighted by Crippen LogP contribution is -2.30. The predicted molar refractivity (Wildman–Crippen MR) is 97.7 cm³/mol. The van der Waals surface area contributed by atoms with Gasteiger partial charge >= 0.3 is 6.03 Å². The van der Waals surface area contributed by atoms with Gasteiger partial charge in [0.1, 0.15) is 5.70 Å². The van der Waals surface area contributed by atoms with Crippen molar-refractivity contribution in [1.82, 2.24) is 10.2 Å². The molecule has 1 fully saturated rings.